The Hall–Kier alpha value is -0.940. The summed E-state index contributed by atoms with van der Waals surface area (Å²) in [5.74, 6) is -0.197. The van der Waals surface area contributed by atoms with Crippen LogP contribution in [0.3, 0.4) is 0 Å². The highest BCUT2D eigenvalue weighted by Crippen LogP contribution is 2.31. The highest BCUT2D eigenvalue weighted by atomic mass is 35.5. The number of halogens is 3. The lowest BCUT2D eigenvalue weighted by molar-refractivity contribution is 0.485. The van der Waals surface area contributed by atoms with E-state index in [0.29, 0.717) is 5.02 Å². The summed E-state index contributed by atoms with van der Waals surface area (Å²) in [6.07, 6.45) is 0. The summed E-state index contributed by atoms with van der Waals surface area (Å²) < 4.78 is 29.2. The van der Waals surface area contributed by atoms with E-state index in [-0.39, 0.29) is 21.4 Å². The molecule has 21 heavy (non-hydrogen) atoms. The lowest BCUT2D eigenvalue weighted by atomic mass is 10.2. The van der Waals surface area contributed by atoms with Crippen LogP contribution in [0.2, 0.25) is 15.1 Å². The Morgan fingerprint density at radius 2 is 1.52 bits per heavy atom. The molecule has 0 unspecified atom stereocenters. The van der Waals surface area contributed by atoms with Gasteiger partial charge in [-0.3, -0.25) is 0 Å². The minimum absolute atomic E-state index is 0.184. The van der Waals surface area contributed by atoms with Crippen LogP contribution in [0.5, 0.6) is 5.75 Å². The molecule has 0 saturated carbocycles. The van der Waals surface area contributed by atoms with E-state index in [1.807, 2.05) is 6.92 Å². The van der Waals surface area contributed by atoms with Gasteiger partial charge in [-0.05, 0) is 31.2 Å². The highest BCUT2D eigenvalue weighted by Gasteiger charge is 2.19. The third-order valence-corrected chi connectivity index (χ3v) is 4.65. The van der Waals surface area contributed by atoms with Crippen LogP contribution in [0.25, 0.3) is 0 Å². The Morgan fingerprint density at radius 3 is 2.05 bits per heavy atom. The first kappa shape index (κ1) is 16.4. The number of benzene rings is 2. The third kappa shape index (κ3) is 4.51. The Kier molecular flexibility index (Phi) is 5.04. The van der Waals surface area contributed by atoms with Crippen molar-refractivity contribution in [3.63, 3.8) is 0 Å². The fourth-order valence-electron chi connectivity index (χ4n) is 1.66. The second-order valence-corrected chi connectivity index (χ2v) is 7.27. The van der Waals surface area contributed by atoms with Crippen LogP contribution in [0, 0.1) is 6.92 Å². The molecule has 0 spiro atoms. The fourth-order valence-corrected chi connectivity index (χ4v) is 3.89. The van der Waals surface area contributed by atoms with E-state index in [9.17, 15) is 8.42 Å². The van der Waals surface area contributed by atoms with Gasteiger partial charge in [0.25, 0.3) is 0 Å². The smallest absolute Gasteiger partial charge is 0.313 e. The summed E-state index contributed by atoms with van der Waals surface area (Å²) in [5.41, 5.74) is 1.26. The van der Waals surface area contributed by atoms with E-state index in [0.717, 1.165) is 5.56 Å². The van der Waals surface area contributed by atoms with E-state index in [1.54, 1.807) is 24.3 Å². The SMILES string of the molecule is Cc1ccc(OS(=O)(=O)Cc2c(Cl)cc(Cl)cc2Cl)cc1. The van der Waals surface area contributed by atoms with Gasteiger partial charge in [0.1, 0.15) is 11.5 Å². The van der Waals surface area contributed by atoms with Crippen LogP contribution in [-0.4, -0.2) is 8.42 Å². The Morgan fingerprint density at radius 1 is 1.00 bits per heavy atom. The summed E-state index contributed by atoms with van der Waals surface area (Å²) in [7, 11) is -3.87. The minimum atomic E-state index is -3.87. The van der Waals surface area contributed by atoms with Gasteiger partial charge in [-0.2, -0.15) is 8.42 Å². The Bertz CT molecular complexity index is 733. The fraction of sp³-hybridized carbons (Fsp3) is 0.143. The molecule has 0 aliphatic heterocycles. The molecule has 2 aromatic carbocycles. The number of hydrogen-bond donors (Lipinski definition) is 0. The summed E-state index contributed by atoms with van der Waals surface area (Å²) in [6.45, 7) is 1.89. The maximum Gasteiger partial charge on any atom is 0.313 e. The van der Waals surface area contributed by atoms with E-state index >= 15 is 0 Å². The maximum atomic E-state index is 12.1. The summed E-state index contributed by atoms with van der Waals surface area (Å²) in [5, 5.41) is 0.706. The van der Waals surface area contributed by atoms with E-state index in [1.165, 1.54) is 12.1 Å². The predicted molar refractivity (Wildman–Crippen MR) is 85.9 cm³/mol. The van der Waals surface area contributed by atoms with Gasteiger partial charge in [-0.15, -0.1) is 0 Å². The zero-order chi connectivity index (χ0) is 15.6. The molecule has 2 rings (SSSR count). The largest absolute Gasteiger partial charge is 0.382 e. The van der Waals surface area contributed by atoms with Crippen molar-refractivity contribution in [1.29, 1.82) is 0 Å². The van der Waals surface area contributed by atoms with Crippen molar-refractivity contribution in [3.05, 3.63) is 62.6 Å². The second-order valence-electron chi connectivity index (χ2n) is 4.45. The molecular formula is C14H11Cl3O3S. The molecule has 0 bridgehead atoms. The zero-order valence-electron chi connectivity index (χ0n) is 10.9. The van der Waals surface area contributed by atoms with E-state index < -0.39 is 15.9 Å². The first-order valence-electron chi connectivity index (χ1n) is 5.89. The van der Waals surface area contributed by atoms with Crippen molar-refractivity contribution in [2.75, 3.05) is 0 Å². The molecule has 2 aromatic rings. The molecule has 0 aliphatic carbocycles. The van der Waals surface area contributed by atoms with Gasteiger partial charge in [0.2, 0.25) is 0 Å². The molecule has 0 saturated heterocycles. The zero-order valence-corrected chi connectivity index (χ0v) is 14.0. The standard InChI is InChI=1S/C14H11Cl3O3S/c1-9-2-4-11(5-3-9)20-21(18,19)8-12-13(16)6-10(15)7-14(12)17/h2-7H,8H2,1H3. The third-order valence-electron chi connectivity index (χ3n) is 2.67. The topological polar surface area (TPSA) is 43.4 Å². The maximum absolute atomic E-state index is 12.1. The normalized spacial score (nSPS) is 11.4. The highest BCUT2D eigenvalue weighted by molar-refractivity contribution is 7.86. The Balaban J connectivity index is 2.24. The molecule has 0 fully saturated rings. The molecule has 112 valence electrons. The van der Waals surface area contributed by atoms with Gasteiger partial charge < -0.3 is 4.18 Å². The van der Waals surface area contributed by atoms with Crippen molar-refractivity contribution in [2.24, 2.45) is 0 Å². The lowest BCUT2D eigenvalue weighted by Crippen LogP contribution is -2.12. The van der Waals surface area contributed by atoms with E-state index in [2.05, 4.69) is 0 Å². The monoisotopic (exact) mass is 364 g/mol. The van der Waals surface area contributed by atoms with Crippen molar-refractivity contribution in [2.45, 2.75) is 12.7 Å². The minimum Gasteiger partial charge on any atom is -0.382 e. The molecule has 0 N–H and O–H groups in total. The summed E-state index contributed by atoms with van der Waals surface area (Å²) >= 11 is 17.7. The van der Waals surface area contributed by atoms with Gasteiger partial charge >= 0.3 is 10.1 Å². The van der Waals surface area contributed by atoms with Crippen molar-refractivity contribution in [1.82, 2.24) is 0 Å². The van der Waals surface area contributed by atoms with Gasteiger partial charge in [0.05, 0.1) is 0 Å². The van der Waals surface area contributed by atoms with Crippen LogP contribution in [0.4, 0.5) is 0 Å². The number of rotatable bonds is 4. The summed E-state index contributed by atoms with van der Waals surface area (Å²) in [4.78, 5) is 0. The van der Waals surface area contributed by atoms with Crippen LogP contribution >= 0.6 is 34.8 Å². The van der Waals surface area contributed by atoms with Crippen LogP contribution in [-0.2, 0) is 15.9 Å². The van der Waals surface area contributed by atoms with Gasteiger partial charge in [0, 0.05) is 20.6 Å². The van der Waals surface area contributed by atoms with Crippen LogP contribution < -0.4 is 4.18 Å². The predicted octanol–water partition coefficient (Wildman–Crippen LogP) is 4.86. The number of aryl methyl sites for hydroxylation is 1. The molecule has 3 nitrogen and oxygen atoms in total. The molecule has 0 amide bonds. The van der Waals surface area contributed by atoms with Crippen molar-refractivity contribution >= 4 is 44.9 Å². The van der Waals surface area contributed by atoms with Crippen molar-refractivity contribution in [3.8, 4) is 5.75 Å². The summed E-state index contributed by atoms with van der Waals surface area (Å²) in [6, 6.07) is 9.55. The molecule has 0 heterocycles. The molecule has 0 atom stereocenters. The van der Waals surface area contributed by atoms with Crippen LogP contribution in [0.1, 0.15) is 11.1 Å². The molecule has 0 aromatic heterocycles. The van der Waals surface area contributed by atoms with Crippen LogP contribution in [0.15, 0.2) is 36.4 Å². The average molecular weight is 366 g/mol. The quantitative estimate of drug-likeness (QED) is 0.726. The molecule has 0 radical (unpaired) electrons. The number of hydrogen-bond acceptors (Lipinski definition) is 3. The Labute approximate surface area is 138 Å². The molecule has 7 heteroatoms. The molecule has 0 aliphatic rings. The first-order valence-corrected chi connectivity index (χ1v) is 8.60. The van der Waals surface area contributed by atoms with Gasteiger partial charge in [0.15, 0.2) is 0 Å². The van der Waals surface area contributed by atoms with E-state index in [4.69, 9.17) is 39.0 Å². The van der Waals surface area contributed by atoms with Gasteiger partial charge in [-0.25, -0.2) is 0 Å². The van der Waals surface area contributed by atoms with Crippen molar-refractivity contribution < 1.29 is 12.6 Å². The average Bonchev–Trinajstić information content (AvgIpc) is 2.36. The first-order chi connectivity index (χ1) is 9.77. The second kappa shape index (κ2) is 6.44. The molecular weight excluding hydrogens is 355 g/mol. The van der Waals surface area contributed by atoms with Gasteiger partial charge in [-0.1, -0.05) is 52.5 Å². The lowest BCUT2D eigenvalue weighted by Gasteiger charge is -2.10.